The minimum atomic E-state index is -0.482. The lowest BCUT2D eigenvalue weighted by molar-refractivity contribution is -0.115. The lowest BCUT2D eigenvalue weighted by atomic mass is 10.2. The lowest BCUT2D eigenvalue weighted by Crippen LogP contribution is -2.30. The standard InChI is InChI=1S/C24H27N3O4S/c1-15-10-11-21(30-3)20(13-15)25-22(28)16(2)32-24-26-19-9-5-4-8-18(19)23(29)27(24)14-17-7-6-12-31-17/h4-5,8-11,13,16-17H,6-7,12,14H2,1-3H3,(H,25,28). The van der Waals surface area contributed by atoms with Gasteiger partial charge in [-0.3, -0.25) is 14.2 Å². The molecule has 168 valence electrons. The summed E-state index contributed by atoms with van der Waals surface area (Å²) in [5, 5.41) is 3.54. The number of carbonyl (C=O) groups is 1. The Bertz CT molecular complexity index is 1190. The first-order valence-electron chi connectivity index (χ1n) is 10.7. The van der Waals surface area contributed by atoms with Crippen LogP contribution >= 0.6 is 11.8 Å². The highest BCUT2D eigenvalue weighted by molar-refractivity contribution is 8.00. The molecule has 1 aliphatic rings. The third kappa shape index (κ3) is 4.81. The molecule has 4 rings (SSSR count). The Labute approximate surface area is 191 Å². The van der Waals surface area contributed by atoms with Gasteiger partial charge in [0.25, 0.3) is 5.56 Å². The number of anilines is 1. The Balaban J connectivity index is 1.61. The van der Waals surface area contributed by atoms with Crippen molar-refractivity contribution in [3.63, 3.8) is 0 Å². The van der Waals surface area contributed by atoms with Crippen LogP contribution in [-0.4, -0.2) is 40.5 Å². The third-order valence-corrected chi connectivity index (χ3v) is 6.59. The molecule has 0 spiro atoms. The molecular weight excluding hydrogens is 426 g/mol. The highest BCUT2D eigenvalue weighted by atomic mass is 32.2. The second kappa shape index (κ2) is 9.75. The number of para-hydroxylation sites is 1. The van der Waals surface area contributed by atoms with Crippen molar-refractivity contribution < 1.29 is 14.3 Å². The van der Waals surface area contributed by atoms with Crippen LogP contribution in [0.5, 0.6) is 5.75 Å². The average molecular weight is 454 g/mol. The molecular formula is C24H27N3O4S. The maximum atomic E-state index is 13.2. The molecule has 0 saturated carbocycles. The molecule has 2 heterocycles. The molecule has 2 aromatic carbocycles. The fourth-order valence-electron chi connectivity index (χ4n) is 3.76. The topological polar surface area (TPSA) is 82.5 Å². The second-order valence-corrected chi connectivity index (χ2v) is 9.22. The van der Waals surface area contributed by atoms with Crippen LogP contribution in [0.3, 0.4) is 0 Å². The number of thioether (sulfide) groups is 1. The molecule has 0 aliphatic carbocycles. The van der Waals surface area contributed by atoms with Crippen molar-refractivity contribution in [2.24, 2.45) is 0 Å². The van der Waals surface area contributed by atoms with Crippen molar-refractivity contribution in [2.75, 3.05) is 19.0 Å². The molecule has 1 N–H and O–H groups in total. The van der Waals surface area contributed by atoms with Crippen molar-refractivity contribution in [1.82, 2.24) is 9.55 Å². The van der Waals surface area contributed by atoms with Crippen LogP contribution in [0.25, 0.3) is 10.9 Å². The van der Waals surface area contributed by atoms with Crippen LogP contribution in [0.15, 0.2) is 52.4 Å². The summed E-state index contributed by atoms with van der Waals surface area (Å²) in [4.78, 5) is 30.9. The Hall–Kier alpha value is -2.84. The summed E-state index contributed by atoms with van der Waals surface area (Å²) in [5.41, 5.74) is 2.15. The average Bonchev–Trinajstić information content (AvgIpc) is 3.30. The summed E-state index contributed by atoms with van der Waals surface area (Å²) in [5.74, 6) is 0.408. The Morgan fingerprint density at radius 3 is 2.91 bits per heavy atom. The number of nitrogens with zero attached hydrogens (tertiary/aromatic N) is 2. The van der Waals surface area contributed by atoms with Crippen molar-refractivity contribution in [3.8, 4) is 5.75 Å². The maximum Gasteiger partial charge on any atom is 0.262 e. The van der Waals surface area contributed by atoms with Crippen LogP contribution in [-0.2, 0) is 16.1 Å². The van der Waals surface area contributed by atoms with E-state index in [-0.39, 0.29) is 17.6 Å². The molecule has 1 amide bonds. The van der Waals surface area contributed by atoms with E-state index < -0.39 is 5.25 Å². The maximum absolute atomic E-state index is 13.2. The van der Waals surface area contributed by atoms with E-state index in [4.69, 9.17) is 14.5 Å². The van der Waals surface area contributed by atoms with Gasteiger partial charge in [-0.15, -0.1) is 0 Å². The van der Waals surface area contributed by atoms with Gasteiger partial charge < -0.3 is 14.8 Å². The fourth-order valence-corrected chi connectivity index (χ4v) is 4.67. The van der Waals surface area contributed by atoms with Gasteiger partial charge in [-0.1, -0.05) is 30.0 Å². The molecule has 2 unspecified atom stereocenters. The van der Waals surface area contributed by atoms with Gasteiger partial charge in [-0.05, 0) is 56.5 Å². The molecule has 1 aromatic heterocycles. The number of nitrogens with one attached hydrogen (secondary N) is 1. The van der Waals surface area contributed by atoms with Gasteiger partial charge in [0.15, 0.2) is 5.16 Å². The number of hydrogen-bond donors (Lipinski definition) is 1. The SMILES string of the molecule is COc1ccc(C)cc1NC(=O)C(C)Sc1nc2ccccc2c(=O)n1CC1CCCO1. The van der Waals surface area contributed by atoms with Crippen LogP contribution in [0.4, 0.5) is 5.69 Å². The first kappa shape index (κ1) is 22.4. The molecule has 1 fully saturated rings. The molecule has 7 nitrogen and oxygen atoms in total. The summed E-state index contributed by atoms with van der Waals surface area (Å²) >= 11 is 1.27. The van der Waals surface area contributed by atoms with E-state index in [9.17, 15) is 9.59 Å². The van der Waals surface area contributed by atoms with Crippen LogP contribution in [0, 0.1) is 6.92 Å². The van der Waals surface area contributed by atoms with Gasteiger partial charge in [-0.25, -0.2) is 4.98 Å². The van der Waals surface area contributed by atoms with E-state index in [2.05, 4.69) is 5.32 Å². The van der Waals surface area contributed by atoms with Crippen molar-refractivity contribution in [1.29, 1.82) is 0 Å². The highest BCUT2D eigenvalue weighted by Crippen LogP contribution is 2.28. The number of fused-ring (bicyclic) bond motifs is 1. The predicted octanol–water partition coefficient (Wildman–Crippen LogP) is 4.01. The zero-order chi connectivity index (χ0) is 22.7. The number of aryl methyl sites for hydroxylation is 1. The Morgan fingerprint density at radius 1 is 1.34 bits per heavy atom. The van der Waals surface area contributed by atoms with Gasteiger partial charge in [0.2, 0.25) is 5.91 Å². The minimum absolute atomic E-state index is 0.0179. The zero-order valence-electron chi connectivity index (χ0n) is 18.5. The second-order valence-electron chi connectivity index (χ2n) is 7.92. The minimum Gasteiger partial charge on any atom is -0.495 e. The summed E-state index contributed by atoms with van der Waals surface area (Å²) in [6, 6.07) is 12.9. The highest BCUT2D eigenvalue weighted by Gasteiger charge is 2.23. The Morgan fingerprint density at radius 2 is 2.16 bits per heavy atom. The van der Waals surface area contributed by atoms with E-state index in [0.717, 1.165) is 18.4 Å². The van der Waals surface area contributed by atoms with Crippen LogP contribution in [0.1, 0.15) is 25.3 Å². The summed E-state index contributed by atoms with van der Waals surface area (Å²) in [7, 11) is 1.57. The summed E-state index contributed by atoms with van der Waals surface area (Å²) < 4.78 is 12.8. The molecule has 1 aliphatic heterocycles. The number of amides is 1. The molecule has 3 aromatic rings. The number of hydrogen-bond acceptors (Lipinski definition) is 6. The fraction of sp³-hybridized carbons (Fsp3) is 0.375. The Kier molecular flexibility index (Phi) is 6.81. The van der Waals surface area contributed by atoms with Gasteiger partial charge in [0.05, 0.1) is 41.6 Å². The smallest absolute Gasteiger partial charge is 0.262 e. The largest absolute Gasteiger partial charge is 0.495 e. The zero-order valence-corrected chi connectivity index (χ0v) is 19.3. The van der Waals surface area contributed by atoms with Gasteiger partial charge in [0, 0.05) is 6.61 Å². The predicted molar refractivity (Wildman–Crippen MR) is 127 cm³/mol. The van der Waals surface area contributed by atoms with Crippen LogP contribution < -0.4 is 15.6 Å². The molecule has 0 bridgehead atoms. The molecule has 0 radical (unpaired) electrons. The number of carbonyl (C=O) groups excluding carboxylic acids is 1. The number of ether oxygens (including phenoxy) is 2. The van der Waals surface area contributed by atoms with Crippen LogP contribution in [0.2, 0.25) is 0 Å². The van der Waals surface area contributed by atoms with E-state index in [1.807, 2.05) is 43.3 Å². The number of rotatable bonds is 7. The number of methoxy groups -OCH3 is 1. The number of aromatic nitrogens is 2. The van der Waals surface area contributed by atoms with Gasteiger partial charge in [0.1, 0.15) is 5.75 Å². The first-order chi connectivity index (χ1) is 15.5. The summed E-state index contributed by atoms with van der Waals surface area (Å²) in [6.07, 6.45) is 1.88. The molecule has 1 saturated heterocycles. The van der Waals surface area contributed by atoms with Crippen molar-refractivity contribution >= 4 is 34.3 Å². The van der Waals surface area contributed by atoms with E-state index >= 15 is 0 Å². The van der Waals surface area contributed by atoms with Gasteiger partial charge >= 0.3 is 0 Å². The molecule has 32 heavy (non-hydrogen) atoms. The normalized spacial score (nSPS) is 16.8. The molecule has 8 heteroatoms. The molecule has 2 atom stereocenters. The number of benzene rings is 2. The third-order valence-electron chi connectivity index (χ3n) is 5.50. The van der Waals surface area contributed by atoms with E-state index in [1.54, 1.807) is 24.7 Å². The van der Waals surface area contributed by atoms with E-state index in [0.29, 0.717) is 40.6 Å². The van der Waals surface area contributed by atoms with Gasteiger partial charge in [-0.2, -0.15) is 0 Å². The van der Waals surface area contributed by atoms with E-state index in [1.165, 1.54) is 11.8 Å². The van der Waals surface area contributed by atoms with Crippen molar-refractivity contribution in [3.05, 3.63) is 58.4 Å². The quantitative estimate of drug-likeness (QED) is 0.430. The van der Waals surface area contributed by atoms with Crippen molar-refractivity contribution in [2.45, 2.75) is 49.7 Å². The first-order valence-corrected chi connectivity index (χ1v) is 11.6. The monoisotopic (exact) mass is 453 g/mol. The lowest BCUT2D eigenvalue weighted by Gasteiger charge is -2.19. The summed E-state index contributed by atoms with van der Waals surface area (Å²) in [6.45, 7) is 4.90.